The van der Waals surface area contributed by atoms with Crippen LogP contribution < -0.4 is 5.73 Å². The molecule has 4 heteroatoms. The van der Waals surface area contributed by atoms with Gasteiger partial charge < -0.3 is 5.73 Å². The fourth-order valence-corrected chi connectivity index (χ4v) is 2.79. The van der Waals surface area contributed by atoms with E-state index in [1.807, 2.05) is 23.8 Å². The molecule has 1 aromatic heterocycles. The van der Waals surface area contributed by atoms with E-state index in [1.54, 1.807) is 11.3 Å². The molecule has 0 saturated heterocycles. The molecule has 18 heavy (non-hydrogen) atoms. The second-order valence-electron chi connectivity index (χ2n) is 4.80. The van der Waals surface area contributed by atoms with Gasteiger partial charge in [0.2, 0.25) is 0 Å². The first-order chi connectivity index (χ1) is 8.83. The highest BCUT2D eigenvalue weighted by Gasteiger charge is 2.29. The number of nitrogen functional groups attached to an aromatic ring is 1. The summed E-state index contributed by atoms with van der Waals surface area (Å²) in [4.78, 5) is 7.99. The first-order valence-electron chi connectivity index (χ1n) is 6.28. The molecule has 0 radical (unpaired) electrons. The summed E-state index contributed by atoms with van der Waals surface area (Å²) in [6.07, 6.45) is 4.59. The number of benzene rings is 1. The smallest absolute Gasteiger partial charge is 0.0794 e. The van der Waals surface area contributed by atoms with Crippen molar-refractivity contribution in [2.24, 2.45) is 0 Å². The molecule has 2 N–H and O–H groups in total. The van der Waals surface area contributed by atoms with E-state index in [4.69, 9.17) is 5.73 Å². The van der Waals surface area contributed by atoms with Crippen LogP contribution in [0.4, 0.5) is 5.69 Å². The fraction of sp³-hybridized carbons (Fsp3) is 0.357. The fourth-order valence-electron chi connectivity index (χ4n) is 2.17. The maximum Gasteiger partial charge on any atom is 0.0794 e. The van der Waals surface area contributed by atoms with Gasteiger partial charge in [-0.25, -0.2) is 0 Å². The Morgan fingerprint density at radius 1 is 1.28 bits per heavy atom. The maximum atomic E-state index is 6.03. The summed E-state index contributed by atoms with van der Waals surface area (Å²) in [7, 11) is 0. The molecular weight excluding hydrogens is 242 g/mol. The normalized spacial score (nSPS) is 15.2. The number of hydrogen-bond acceptors (Lipinski definition) is 4. The highest BCUT2D eigenvalue weighted by atomic mass is 32.1. The predicted molar refractivity (Wildman–Crippen MR) is 75.2 cm³/mol. The zero-order valence-corrected chi connectivity index (χ0v) is 11.1. The van der Waals surface area contributed by atoms with Gasteiger partial charge in [0.1, 0.15) is 0 Å². The van der Waals surface area contributed by atoms with E-state index in [1.165, 1.54) is 23.3 Å². The lowest BCUT2D eigenvalue weighted by molar-refractivity contribution is 0.248. The SMILES string of the molecule is Nc1ccccc1CN(Cc1cncs1)C1CC1. The van der Waals surface area contributed by atoms with Gasteiger partial charge in [0.05, 0.1) is 5.51 Å². The Labute approximate surface area is 111 Å². The molecule has 1 fully saturated rings. The van der Waals surface area contributed by atoms with Crippen molar-refractivity contribution in [1.82, 2.24) is 9.88 Å². The highest BCUT2D eigenvalue weighted by molar-refractivity contribution is 7.09. The van der Waals surface area contributed by atoms with Crippen molar-refractivity contribution in [1.29, 1.82) is 0 Å². The lowest BCUT2D eigenvalue weighted by Crippen LogP contribution is -2.25. The molecule has 3 nitrogen and oxygen atoms in total. The van der Waals surface area contributed by atoms with E-state index in [-0.39, 0.29) is 0 Å². The molecule has 0 bridgehead atoms. The Morgan fingerprint density at radius 2 is 2.11 bits per heavy atom. The van der Waals surface area contributed by atoms with E-state index in [2.05, 4.69) is 22.0 Å². The van der Waals surface area contributed by atoms with Gasteiger partial charge in [-0.2, -0.15) is 0 Å². The van der Waals surface area contributed by atoms with Gasteiger partial charge in [-0.05, 0) is 24.5 Å². The van der Waals surface area contributed by atoms with Gasteiger partial charge in [0.15, 0.2) is 0 Å². The summed E-state index contributed by atoms with van der Waals surface area (Å²) in [5, 5.41) is 0. The minimum atomic E-state index is 0.728. The molecule has 2 aromatic rings. The maximum absolute atomic E-state index is 6.03. The molecule has 0 unspecified atom stereocenters. The van der Waals surface area contributed by atoms with Crippen LogP contribution in [-0.2, 0) is 13.1 Å². The number of para-hydroxylation sites is 1. The van der Waals surface area contributed by atoms with Crippen LogP contribution in [0.25, 0.3) is 0 Å². The molecule has 0 spiro atoms. The van der Waals surface area contributed by atoms with Gasteiger partial charge in [0, 0.05) is 35.9 Å². The highest BCUT2D eigenvalue weighted by Crippen LogP contribution is 2.31. The average molecular weight is 259 g/mol. The molecule has 1 aliphatic carbocycles. The largest absolute Gasteiger partial charge is 0.398 e. The van der Waals surface area contributed by atoms with Gasteiger partial charge in [-0.1, -0.05) is 18.2 Å². The summed E-state index contributed by atoms with van der Waals surface area (Å²) in [5.41, 5.74) is 10.1. The third kappa shape index (κ3) is 2.71. The summed E-state index contributed by atoms with van der Waals surface area (Å²) in [6, 6.07) is 8.88. The molecule has 0 aliphatic heterocycles. The van der Waals surface area contributed by atoms with E-state index in [0.717, 1.165) is 24.8 Å². The van der Waals surface area contributed by atoms with Gasteiger partial charge in [-0.3, -0.25) is 9.88 Å². The molecule has 0 amide bonds. The van der Waals surface area contributed by atoms with Crippen LogP contribution in [-0.4, -0.2) is 15.9 Å². The molecule has 94 valence electrons. The quantitative estimate of drug-likeness (QED) is 0.840. The van der Waals surface area contributed by atoms with Gasteiger partial charge >= 0.3 is 0 Å². The topological polar surface area (TPSA) is 42.1 Å². The first-order valence-corrected chi connectivity index (χ1v) is 7.15. The van der Waals surface area contributed by atoms with E-state index in [0.29, 0.717) is 0 Å². The zero-order valence-electron chi connectivity index (χ0n) is 10.2. The van der Waals surface area contributed by atoms with Crippen molar-refractivity contribution in [2.75, 3.05) is 5.73 Å². The van der Waals surface area contributed by atoms with Crippen LogP contribution in [0.15, 0.2) is 36.0 Å². The second-order valence-corrected chi connectivity index (χ2v) is 5.77. The predicted octanol–water partition coefficient (Wildman–Crippen LogP) is 2.89. The summed E-state index contributed by atoms with van der Waals surface area (Å²) < 4.78 is 0. The van der Waals surface area contributed by atoms with Crippen LogP contribution >= 0.6 is 11.3 Å². The second kappa shape index (κ2) is 5.08. The number of anilines is 1. The van der Waals surface area contributed by atoms with Gasteiger partial charge in [0.25, 0.3) is 0 Å². The molecule has 1 aromatic carbocycles. The molecule has 1 saturated carbocycles. The Balaban J connectivity index is 1.73. The molecule has 1 aliphatic rings. The van der Waals surface area contributed by atoms with E-state index in [9.17, 15) is 0 Å². The third-order valence-electron chi connectivity index (χ3n) is 3.33. The van der Waals surface area contributed by atoms with E-state index < -0.39 is 0 Å². The van der Waals surface area contributed by atoms with Crippen LogP contribution in [0.1, 0.15) is 23.3 Å². The summed E-state index contributed by atoms with van der Waals surface area (Å²) in [5.74, 6) is 0. The van der Waals surface area contributed by atoms with Crippen LogP contribution in [0.3, 0.4) is 0 Å². The molecular formula is C14H17N3S. The Hall–Kier alpha value is -1.39. The Morgan fingerprint density at radius 3 is 2.78 bits per heavy atom. The van der Waals surface area contributed by atoms with E-state index >= 15 is 0 Å². The van der Waals surface area contributed by atoms with Crippen molar-refractivity contribution < 1.29 is 0 Å². The zero-order chi connectivity index (χ0) is 12.4. The average Bonchev–Trinajstić information content (AvgIpc) is 3.10. The Kier molecular flexibility index (Phi) is 3.30. The van der Waals surface area contributed by atoms with Crippen LogP contribution in [0.5, 0.6) is 0 Å². The number of hydrogen-bond donors (Lipinski definition) is 1. The Bertz CT molecular complexity index is 506. The summed E-state index contributed by atoms with van der Waals surface area (Å²) >= 11 is 1.73. The molecule has 3 rings (SSSR count). The lowest BCUT2D eigenvalue weighted by Gasteiger charge is -2.21. The van der Waals surface area contributed by atoms with Crippen LogP contribution in [0.2, 0.25) is 0 Å². The molecule has 1 heterocycles. The van der Waals surface area contributed by atoms with Crippen molar-refractivity contribution in [3.05, 3.63) is 46.4 Å². The van der Waals surface area contributed by atoms with Crippen molar-refractivity contribution >= 4 is 17.0 Å². The lowest BCUT2D eigenvalue weighted by atomic mass is 10.1. The number of nitrogens with two attached hydrogens (primary N) is 1. The minimum Gasteiger partial charge on any atom is -0.398 e. The van der Waals surface area contributed by atoms with Crippen molar-refractivity contribution in [3.8, 4) is 0 Å². The number of nitrogens with zero attached hydrogens (tertiary/aromatic N) is 2. The number of aromatic nitrogens is 1. The monoisotopic (exact) mass is 259 g/mol. The van der Waals surface area contributed by atoms with Crippen molar-refractivity contribution in [3.63, 3.8) is 0 Å². The van der Waals surface area contributed by atoms with Gasteiger partial charge in [-0.15, -0.1) is 11.3 Å². The van der Waals surface area contributed by atoms with Crippen LogP contribution in [0, 0.1) is 0 Å². The third-order valence-corrected chi connectivity index (χ3v) is 4.10. The standard InChI is InChI=1S/C14H17N3S/c15-14-4-2-1-3-11(14)8-17(12-5-6-12)9-13-7-16-10-18-13/h1-4,7,10,12H,5-6,8-9,15H2. The number of rotatable bonds is 5. The first kappa shape index (κ1) is 11.7. The molecule has 0 atom stereocenters. The number of thiazole rings is 1. The van der Waals surface area contributed by atoms with Crippen molar-refractivity contribution in [2.45, 2.75) is 32.0 Å². The summed E-state index contributed by atoms with van der Waals surface area (Å²) in [6.45, 7) is 1.93. The minimum absolute atomic E-state index is 0.728.